The molecule has 0 spiro atoms. The first-order valence-electron chi connectivity index (χ1n) is 13.3. The number of hydrogen-bond acceptors (Lipinski definition) is 6. The summed E-state index contributed by atoms with van der Waals surface area (Å²) in [6.07, 6.45) is 7.87. The number of rotatable bonds is 6. The van der Waals surface area contributed by atoms with Crippen LogP contribution in [0.25, 0.3) is 0 Å². The van der Waals surface area contributed by atoms with Crippen LogP contribution in [-0.2, 0) is 9.59 Å². The number of anilines is 1. The number of hydrogen-bond donors (Lipinski definition) is 0. The number of imide groups is 1. The summed E-state index contributed by atoms with van der Waals surface area (Å²) >= 11 is 0. The van der Waals surface area contributed by atoms with E-state index in [4.69, 9.17) is 0 Å². The summed E-state index contributed by atoms with van der Waals surface area (Å²) < 4.78 is 0. The molecule has 3 heterocycles. The van der Waals surface area contributed by atoms with E-state index >= 15 is 0 Å². The van der Waals surface area contributed by atoms with Crippen molar-refractivity contribution in [2.75, 3.05) is 44.2 Å². The van der Waals surface area contributed by atoms with E-state index in [-0.39, 0.29) is 48.5 Å². The Hall–Kier alpha value is -1.44. The van der Waals surface area contributed by atoms with Gasteiger partial charge in [-0.25, -0.2) is 9.97 Å². The predicted octanol–water partition coefficient (Wildman–Crippen LogP) is 2.60. The number of halogens is 2. The Morgan fingerprint density at radius 3 is 1.83 bits per heavy atom. The van der Waals surface area contributed by atoms with Gasteiger partial charge in [-0.05, 0) is 85.6 Å². The third kappa shape index (κ3) is 3.19. The van der Waals surface area contributed by atoms with Gasteiger partial charge in [0.25, 0.3) is 0 Å². The SMILES string of the molecule is Cl.Cl.O=C1C2CC(C(=O)N1CCCCN1CCN(c3ncccn3)CC1)C1C2C2C3CC4C2C4C31. The van der Waals surface area contributed by atoms with E-state index in [1.807, 2.05) is 6.07 Å². The van der Waals surface area contributed by atoms with Gasteiger partial charge in [0.05, 0.1) is 0 Å². The topological polar surface area (TPSA) is 69.6 Å². The zero-order chi connectivity index (χ0) is 21.8. The third-order valence-electron chi connectivity index (χ3n) is 11.0. The lowest BCUT2D eigenvalue weighted by molar-refractivity contribution is -0.154. The van der Waals surface area contributed by atoms with Crippen LogP contribution < -0.4 is 4.90 Å². The lowest BCUT2D eigenvalue weighted by Gasteiger charge is -2.35. The molecule has 1 aromatic heterocycles. The molecule has 8 unspecified atom stereocenters. The van der Waals surface area contributed by atoms with Crippen LogP contribution in [-0.4, -0.2) is 70.9 Å². The minimum Gasteiger partial charge on any atom is -0.338 e. The van der Waals surface area contributed by atoms with Crippen LogP contribution in [0.15, 0.2) is 18.5 Å². The quantitative estimate of drug-likeness (QED) is 0.425. The van der Waals surface area contributed by atoms with E-state index in [9.17, 15) is 9.59 Å². The monoisotopic (exact) mass is 519 g/mol. The van der Waals surface area contributed by atoms with Crippen molar-refractivity contribution in [3.63, 3.8) is 0 Å². The average molecular weight is 521 g/mol. The van der Waals surface area contributed by atoms with Crippen LogP contribution in [0, 0.1) is 59.2 Å². The summed E-state index contributed by atoms with van der Waals surface area (Å²) in [6.45, 7) is 5.60. The van der Waals surface area contributed by atoms with Crippen LogP contribution in [0.3, 0.4) is 0 Å². The maximum Gasteiger partial charge on any atom is 0.232 e. The van der Waals surface area contributed by atoms with Crippen molar-refractivity contribution in [2.24, 2.45) is 59.2 Å². The van der Waals surface area contributed by atoms with Crippen molar-refractivity contribution in [2.45, 2.75) is 25.7 Å². The molecule has 9 rings (SSSR count). The first kappa shape index (κ1) is 23.9. The van der Waals surface area contributed by atoms with Gasteiger partial charge in [0.15, 0.2) is 0 Å². The molecule has 190 valence electrons. The van der Waals surface area contributed by atoms with E-state index in [1.165, 1.54) is 6.42 Å². The standard InChI is InChI=1S/C26H33N5O2.2ClH/c32-24-16-13-17(23-21-15-12-14-18(19(14)21)20(15)22(16)23)25(33)31(24)7-2-1-6-29-8-10-30(11-9-29)26-27-4-3-5-28-26;;/h3-5,14-23H,1-2,6-13H2;2*1H. The molecule has 8 aliphatic rings. The molecule has 6 saturated carbocycles. The molecule has 2 saturated heterocycles. The molecular weight excluding hydrogens is 485 g/mol. The number of aromatic nitrogens is 2. The van der Waals surface area contributed by atoms with Crippen molar-refractivity contribution in [1.29, 1.82) is 0 Å². The smallest absolute Gasteiger partial charge is 0.232 e. The highest BCUT2D eigenvalue weighted by molar-refractivity contribution is 6.01. The van der Waals surface area contributed by atoms with E-state index in [1.54, 1.807) is 17.3 Å². The van der Waals surface area contributed by atoms with Crippen LogP contribution >= 0.6 is 24.8 Å². The van der Waals surface area contributed by atoms with Crippen molar-refractivity contribution < 1.29 is 9.59 Å². The third-order valence-corrected chi connectivity index (χ3v) is 11.0. The summed E-state index contributed by atoms with van der Waals surface area (Å²) in [5.41, 5.74) is 0. The Morgan fingerprint density at radius 1 is 0.714 bits per heavy atom. The molecule has 6 aliphatic carbocycles. The lowest BCUT2D eigenvalue weighted by atomic mass is 9.76. The van der Waals surface area contributed by atoms with Crippen molar-refractivity contribution in [3.05, 3.63) is 18.5 Å². The summed E-state index contributed by atoms with van der Waals surface area (Å²) in [5.74, 6) is 8.06. The van der Waals surface area contributed by atoms with Gasteiger partial charge in [-0.15, -0.1) is 24.8 Å². The number of unbranched alkanes of at least 4 members (excludes halogenated alkanes) is 1. The van der Waals surface area contributed by atoms with Crippen LogP contribution in [0.2, 0.25) is 0 Å². The van der Waals surface area contributed by atoms with Crippen molar-refractivity contribution in [3.8, 4) is 0 Å². The molecule has 0 N–H and O–H groups in total. The lowest BCUT2D eigenvalue weighted by Crippen LogP contribution is -2.49. The molecule has 35 heavy (non-hydrogen) atoms. The Labute approximate surface area is 219 Å². The largest absolute Gasteiger partial charge is 0.338 e. The van der Waals surface area contributed by atoms with E-state index in [0.717, 1.165) is 93.4 Å². The Kier molecular flexibility index (Phi) is 5.85. The Balaban J connectivity index is 0.00000114. The maximum atomic E-state index is 13.4. The highest BCUT2D eigenvalue weighted by Gasteiger charge is 2.83. The summed E-state index contributed by atoms with van der Waals surface area (Å²) in [4.78, 5) is 42.0. The average Bonchev–Trinajstić information content (AvgIpc) is 3.30. The number of nitrogens with zero attached hydrogens (tertiary/aromatic N) is 5. The van der Waals surface area contributed by atoms with Gasteiger partial charge in [0.1, 0.15) is 0 Å². The fraction of sp³-hybridized carbons (Fsp3) is 0.769. The number of likely N-dealkylation sites (tertiary alicyclic amines) is 1. The normalized spacial score (nSPS) is 43.8. The van der Waals surface area contributed by atoms with Gasteiger partial charge in [0.2, 0.25) is 17.8 Å². The molecule has 8 fully saturated rings. The number of fused-ring (bicyclic) bond motifs is 5. The van der Waals surface area contributed by atoms with Crippen LogP contribution in [0.4, 0.5) is 5.95 Å². The zero-order valence-corrected chi connectivity index (χ0v) is 21.6. The Bertz CT molecular complexity index is 963. The van der Waals surface area contributed by atoms with E-state index < -0.39 is 0 Å². The van der Waals surface area contributed by atoms with E-state index in [0.29, 0.717) is 18.4 Å². The number of carbonyl (C=O) groups is 2. The predicted molar refractivity (Wildman–Crippen MR) is 135 cm³/mol. The molecule has 9 heteroatoms. The summed E-state index contributed by atoms with van der Waals surface area (Å²) in [7, 11) is 0. The highest BCUT2D eigenvalue weighted by atomic mass is 35.5. The second kappa shape index (κ2) is 8.56. The minimum atomic E-state index is 0. The summed E-state index contributed by atoms with van der Waals surface area (Å²) in [5, 5.41) is 0. The van der Waals surface area contributed by atoms with Crippen LogP contribution in [0.5, 0.6) is 0 Å². The van der Waals surface area contributed by atoms with Crippen LogP contribution in [0.1, 0.15) is 25.7 Å². The molecule has 8 bridgehead atoms. The molecule has 8 atom stereocenters. The number of piperazine rings is 1. The molecule has 7 nitrogen and oxygen atoms in total. The number of carbonyl (C=O) groups excluding carboxylic acids is 2. The van der Waals surface area contributed by atoms with Gasteiger partial charge in [-0.1, -0.05) is 0 Å². The first-order chi connectivity index (χ1) is 16.2. The number of piperidine rings is 1. The van der Waals surface area contributed by atoms with Gasteiger partial charge < -0.3 is 4.90 Å². The maximum absolute atomic E-state index is 13.4. The van der Waals surface area contributed by atoms with Gasteiger partial charge in [0, 0.05) is 57.0 Å². The fourth-order valence-corrected chi connectivity index (χ4v) is 10.0. The molecule has 0 radical (unpaired) electrons. The highest BCUT2D eigenvalue weighted by Crippen LogP contribution is 2.86. The molecule has 2 amide bonds. The molecule has 0 aromatic carbocycles. The zero-order valence-electron chi connectivity index (χ0n) is 19.9. The summed E-state index contributed by atoms with van der Waals surface area (Å²) in [6, 6.07) is 1.85. The van der Waals surface area contributed by atoms with Gasteiger partial charge >= 0.3 is 0 Å². The van der Waals surface area contributed by atoms with Crippen molar-refractivity contribution in [1.82, 2.24) is 19.8 Å². The minimum absolute atomic E-state index is 0. The second-order valence-corrected chi connectivity index (χ2v) is 11.9. The Morgan fingerprint density at radius 2 is 1.26 bits per heavy atom. The first-order valence-corrected chi connectivity index (χ1v) is 13.3. The molecular formula is C26H35Cl2N5O2. The van der Waals surface area contributed by atoms with Gasteiger partial charge in [-0.2, -0.15) is 0 Å². The fourth-order valence-electron chi connectivity index (χ4n) is 10.0. The van der Waals surface area contributed by atoms with Crippen molar-refractivity contribution >= 4 is 42.6 Å². The van der Waals surface area contributed by atoms with Gasteiger partial charge in [-0.3, -0.25) is 19.4 Å². The number of amides is 2. The molecule has 2 aliphatic heterocycles. The molecule has 1 aromatic rings. The van der Waals surface area contributed by atoms with E-state index in [2.05, 4.69) is 19.8 Å². The second-order valence-electron chi connectivity index (χ2n) is 11.9.